The number of thiophene rings is 1. The van der Waals surface area contributed by atoms with Crippen molar-refractivity contribution >= 4 is 28.8 Å². The smallest absolute Gasteiger partial charge is 0.255 e. The summed E-state index contributed by atoms with van der Waals surface area (Å²) >= 11 is 1.75. The van der Waals surface area contributed by atoms with Crippen molar-refractivity contribution in [2.45, 2.75) is 32.1 Å². The van der Waals surface area contributed by atoms with Crippen molar-refractivity contribution in [3.8, 4) is 0 Å². The van der Waals surface area contributed by atoms with Crippen LogP contribution in [0.2, 0.25) is 0 Å². The second-order valence-corrected chi connectivity index (χ2v) is 9.21. The van der Waals surface area contributed by atoms with Gasteiger partial charge in [0, 0.05) is 48.7 Å². The number of hydrogen-bond donors (Lipinski definition) is 0. The van der Waals surface area contributed by atoms with E-state index in [4.69, 9.17) is 0 Å². The lowest BCUT2D eigenvalue weighted by molar-refractivity contribution is -0.120. The Kier molecular flexibility index (Phi) is 5.14. The van der Waals surface area contributed by atoms with Crippen molar-refractivity contribution in [2.24, 2.45) is 0 Å². The lowest BCUT2D eigenvalue weighted by Gasteiger charge is -2.35. The van der Waals surface area contributed by atoms with E-state index in [1.54, 1.807) is 11.3 Å². The second-order valence-electron chi connectivity index (χ2n) is 8.25. The van der Waals surface area contributed by atoms with Gasteiger partial charge < -0.3 is 9.80 Å². The molecule has 3 heterocycles. The molecule has 1 fully saturated rings. The number of aryl methyl sites for hydroxylation is 1. The Hall–Kier alpha value is -2.18. The minimum Gasteiger partial charge on any atom is -0.336 e. The van der Waals surface area contributed by atoms with E-state index in [0.717, 1.165) is 50.1 Å². The third-order valence-electron chi connectivity index (χ3n) is 6.50. The zero-order chi connectivity index (χ0) is 19.8. The third kappa shape index (κ3) is 3.60. The lowest BCUT2D eigenvalue weighted by atomic mass is 9.95. The number of fused-ring (bicyclic) bond motifs is 2. The molecule has 1 aromatic carbocycles. The molecule has 5 rings (SSSR count). The van der Waals surface area contributed by atoms with Crippen molar-refractivity contribution in [1.29, 1.82) is 0 Å². The molecule has 1 saturated heterocycles. The Bertz CT molecular complexity index is 930. The van der Waals surface area contributed by atoms with E-state index in [1.807, 2.05) is 28.0 Å². The molecule has 2 aromatic rings. The molecule has 0 radical (unpaired) electrons. The molecule has 5 nitrogen and oxygen atoms in total. The summed E-state index contributed by atoms with van der Waals surface area (Å²) in [4.78, 5) is 33.4. The highest BCUT2D eigenvalue weighted by Gasteiger charge is 2.29. The van der Waals surface area contributed by atoms with Crippen LogP contribution in [0.3, 0.4) is 0 Å². The Labute approximate surface area is 175 Å². The Balaban J connectivity index is 1.18. The summed E-state index contributed by atoms with van der Waals surface area (Å²) < 4.78 is 0. The first-order valence-corrected chi connectivity index (χ1v) is 11.6. The first-order valence-electron chi connectivity index (χ1n) is 10.7. The molecule has 0 saturated carbocycles. The molecular formula is C23H27N3O2S. The number of benzene rings is 1. The number of piperazine rings is 1. The molecule has 0 unspecified atom stereocenters. The topological polar surface area (TPSA) is 43.9 Å². The number of para-hydroxylation sites is 1. The summed E-state index contributed by atoms with van der Waals surface area (Å²) in [6.07, 6.45) is 5.55. The molecule has 1 aliphatic carbocycles. The fourth-order valence-electron chi connectivity index (χ4n) is 4.83. The molecule has 1 aromatic heterocycles. The minimum atomic E-state index is 0.168. The molecule has 0 atom stereocenters. The SMILES string of the molecule is O=C(c1csc2c1CCCC2)N1CCN(CC(=O)N2CCc3ccccc32)CC1. The lowest BCUT2D eigenvalue weighted by Crippen LogP contribution is -2.51. The molecule has 0 bridgehead atoms. The van der Waals surface area contributed by atoms with Crippen LogP contribution in [-0.2, 0) is 24.1 Å². The summed E-state index contributed by atoms with van der Waals surface area (Å²) in [6.45, 7) is 4.14. The highest BCUT2D eigenvalue weighted by atomic mass is 32.1. The first kappa shape index (κ1) is 18.8. The van der Waals surface area contributed by atoms with E-state index in [-0.39, 0.29) is 11.8 Å². The van der Waals surface area contributed by atoms with Gasteiger partial charge in [0.15, 0.2) is 0 Å². The van der Waals surface area contributed by atoms with Crippen molar-refractivity contribution < 1.29 is 9.59 Å². The van der Waals surface area contributed by atoms with Crippen LogP contribution in [0.1, 0.15) is 39.2 Å². The van der Waals surface area contributed by atoms with Gasteiger partial charge in [-0.2, -0.15) is 0 Å². The maximum atomic E-state index is 13.0. The number of rotatable bonds is 3. The van der Waals surface area contributed by atoms with Crippen LogP contribution in [0.5, 0.6) is 0 Å². The van der Waals surface area contributed by atoms with Crippen LogP contribution < -0.4 is 4.90 Å². The standard InChI is InChI=1S/C23H27N3O2S/c27-22(26-10-9-17-5-1-3-7-20(17)26)15-24-11-13-25(14-12-24)23(28)19-16-29-21-8-4-2-6-18(19)21/h1,3,5,7,16H,2,4,6,8-15H2. The maximum absolute atomic E-state index is 13.0. The number of hydrogen-bond acceptors (Lipinski definition) is 4. The van der Waals surface area contributed by atoms with Gasteiger partial charge in [-0.05, 0) is 49.3 Å². The number of nitrogens with zero attached hydrogens (tertiary/aromatic N) is 3. The highest BCUT2D eigenvalue weighted by Crippen LogP contribution is 2.31. The Morgan fingerprint density at radius 1 is 0.931 bits per heavy atom. The zero-order valence-electron chi connectivity index (χ0n) is 16.7. The van der Waals surface area contributed by atoms with Crippen LogP contribution in [0.25, 0.3) is 0 Å². The first-order chi connectivity index (χ1) is 14.2. The van der Waals surface area contributed by atoms with Gasteiger partial charge in [0.05, 0.1) is 12.1 Å². The van der Waals surface area contributed by atoms with E-state index in [1.165, 1.54) is 28.8 Å². The molecule has 29 heavy (non-hydrogen) atoms. The molecule has 2 aliphatic heterocycles. The molecule has 152 valence electrons. The summed E-state index contributed by atoms with van der Waals surface area (Å²) in [5, 5.41) is 2.07. The second kappa shape index (κ2) is 7.92. The van der Waals surface area contributed by atoms with Crippen LogP contribution >= 0.6 is 11.3 Å². The van der Waals surface area contributed by atoms with Gasteiger partial charge in [0.25, 0.3) is 5.91 Å². The highest BCUT2D eigenvalue weighted by molar-refractivity contribution is 7.10. The van der Waals surface area contributed by atoms with Gasteiger partial charge >= 0.3 is 0 Å². The van der Waals surface area contributed by atoms with Gasteiger partial charge in [-0.1, -0.05) is 18.2 Å². The largest absolute Gasteiger partial charge is 0.336 e. The zero-order valence-corrected chi connectivity index (χ0v) is 17.5. The van der Waals surface area contributed by atoms with E-state index >= 15 is 0 Å². The van der Waals surface area contributed by atoms with Gasteiger partial charge in [0.1, 0.15) is 0 Å². The average molecular weight is 410 g/mol. The van der Waals surface area contributed by atoms with Crippen LogP contribution in [-0.4, -0.2) is 60.9 Å². The monoisotopic (exact) mass is 409 g/mol. The van der Waals surface area contributed by atoms with E-state index in [0.29, 0.717) is 19.6 Å². The summed E-state index contributed by atoms with van der Waals surface area (Å²) in [6, 6.07) is 8.18. The van der Waals surface area contributed by atoms with Crippen LogP contribution in [0.15, 0.2) is 29.6 Å². The minimum absolute atomic E-state index is 0.168. The number of carbonyl (C=O) groups is 2. The molecular weight excluding hydrogens is 382 g/mol. The Morgan fingerprint density at radius 2 is 1.72 bits per heavy atom. The summed E-state index contributed by atoms with van der Waals surface area (Å²) in [7, 11) is 0. The number of amides is 2. The molecule has 0 spiro atoms. The predicted molar refractivity (Wildman–Crippen MR) is 116 cm³/mol. The fourth-order valence-corrected chi connectivity index (χ4v) is 5.95. The average Bonchev–Trinajstić information content (AvgIpc) is 3.38. The quantitative estimate of drug-likeness (QED) is 0.783. The molecule has 6 heteroatoms. The van der Waals surface area contributed by atoms with Crippen molar-refractivity contribution in [3.05, 3.63) is 51.2 Å². The molecule has 3 aliphatic rings. The van der Waals surface area contributed by atoms with Crippen LogP contribution in [0, 0.1) is 0 Å². The normalized spacial score (nSPS) is 19.2. The molecule has 0 N–H and O–H groups in total. The van der Waals surface area contributed by atoms with Gasteiger partial charge in [-0.3, -0.25) is 14.5 Å². The van der Waals surface area contributed by atoms with Gasteiger partial charge in [-0.15, -0.1) is 11.3 Å². The Morgan fingerprint density at radius 3 is 2.59 bits per heavy atom. The van der Waals surface area contributed by atoms with Gasteiger partial charge in [-0.25, -0.2) is 0 Å². The van der Waals surface area contributed by atoms with Gasteiger partial charge in [0.2, 0.25) is 5.91 Å². The summed E-state index contributed by atoms with van der Waals surface area (Å²) in [5.74, 6) is 0.352. The fraction of sp³-hybridized carbons (Fsp3) is 0.478. The van der Waals surface area contributed by atoms with E-state index in [2.05, 4.69) is 16.3 Å². The van der Waals surface area contributed by atoms with Crippen molar-refractivity contribution in [2.75, 3.05) is 44.2 Å². The van der Waals surface area contributed by atoms with Crippen LogP contribution in [0.4, 0.5) is 5.69 Å². The summed E-state index contributed by atoms with van der Waals surface area (Å²) in [5.41, 5.74) is 4.56. The number of carbonyl (C=O) groups excluding carboxylic acids is 2. The number of anilines is 1. The third-order valence-corrected chi connectivity index (χ3v) is 7.59. The maximum Gasteiger partial charge on any atom is 0.255 e. The van der Waals surface area contributed by atoms with E-state index in [9.17, 15) is 9.59 Å². The molecule has 2 amide bonds. The van der Waals surface area contributed by atoms with Crippen molar-refractivity contribution in [3.63, 3.8) is 0 Å². The predicted octanol–water partition coefficient (Wildman–Crippen LogP) is 2.97. The van der Waals surface area contributed by atoms with E-state index < -0.39 is 0 Å². The van der Waals surface area contributed by atoms with Crippen molar-refractivity contribution in [1.82, 2.24) is 9.80 Å².